The number of piperidine rings is 1. The fourth-order valence-electron chi connectivity index (χ4n) is 4.83. The fourth-order valence-corrected chi connectivity index (χ4v) is 6.02. The summed E-state index contributed by atoms with van der Waals surface area (Å²) in [6, 6.07) is 14.6. The summed E-state index contributed by atoms with van der Waals surface area (Å²) in [6.07, 6.45) is 2.12. The zero-order chi connectivity index (χ0) is 20.6. The molecule has 2 saturated heterocycles. The van der Waals surface area contributed by atoms with E-state index in [-0.39, 0.29) is 23.7 Å². The van der Waals surface area contributed by atoms with Crippen LogP contribution < -0.4 is 4.74 Å². The highest BCUT2D eigenvalue weighted by atomic mass is 32.2. The molecule has 3 atom stereocenters. The molecule has 0 aliphatic carbocycles. The zero-order valence-corrected chi connectivity index (χ0v) is 17.6. The van der Waals surface area contributed by atoms with Gasteiger partial charge in [-0.3, -0.25) is 4.90 Å². The van der Waals surface area contributed by atoms with Gasteiger partial charge in [0.05, 0.1) is 13.4 Å². The molecule has 0 saturated carbocycles. The van der Waals surface area contributed by atoms with E-state index in [4.69, 9.17) is 4.74 Å². The fraction of sp³-hybridized carbons (Fsp3) is 0.455. The maximum absolute atomic E-state index is 13.2. The van der Waals surface area contributed by atoms with Crippen LogP contribution >= 0.6 is 0 Å². The maximum Gasteiger partial charge on any atom is 0.211 e. The molecular formula is C22H27FN2O3S. The number of hydrogen-bond donors (Lipinski definition) is 0. The summed E-state index contributed by atoms with van der Waals surface area (Å²) in [7, 11) is -1.62. The number of likely N-dealkylation sites (tertiary alicyclic amines) is 1. The minimum absolute atomic E-state index is 0.0292. The summed E-state index contributed by atoms with van der Waals surface area (Å²) in [5.41, 5.74) is 2.22. The van der Waals surface area contributed by atoms with Gasteiger partial charge in [-0.15, -0.1) is 0 Å². The first kappa shape index (κ1) is 20.3. The third-order valence-electron chi connectivity index (χ3n) is 6.26. The summed E-state index contributed by atoms with van der Waals surface area (Å²) < 4.78 is 45.0. The molecule has 0 unspecified atom stereocenters. The Balaban J connectivity index is 1.57. The van der Waals surface area contributed by atoms with Crippen molar-refractivity contribution in [2.75, 3.05) is 33.0 Å². The molecule has 156 valence electrons. The van der Waals surface area contributed by atoms with Gasteiger partial charge in [0.15, 0.2) is 0 Å². The molecule has 2 aromatic carbocycles. The molecule has 2 aromatic rings. The lowest BCUT2D eigenvalue weighted by Crippen LogP contribution is -2.47. The van der Waals surface area contributed by atoms with E-state index < -0.39 is 10.0 Å². The predicted molar refractivity (Wildman–Crippen MR) is 111 cm³/mol. The maximum atomic E-state index is 13.2. The molecule has 2 heterocycles. The minimum Gasteiger partial charge on any atom is -0.497 e. The van der Waals surface area contributed by atoms with Gasteiger partial charge in [-0.1, -0.05) is 24.3 Å². The Kier molecular flexibility index (Phi) is 5.64. The van der Waals surface area contributed by atoms with Gasteiger partial charge in [-0.05, 0) is 47.7 Å². The first-order valence-corrected chi connectivity index (χ1v) is 11.8. The molecule has 0 aromatic heterocycles. The van der Waals surface area contributed by atoms with Crippen molar-refractivity contribution in [2.45, 2.75) is 24.9 Å². The number of methoxy groups -OCH3 is 1. The second-order valence-electron chi connectivity index (χ2n) is 8.09. The number of fused-ring (bicyclic) bond motifs is 1. The number of sulfonamides is 1. The summed E-state index contributed by atoms with van der Waals surface area (Å²) in [4.78, 5) is 2.36. The Bertz CT molecular complexity index is 947. The topological polar surface area (TPSA) is 49.9 Å². The van der Waals surface area contributed by atoms with Crippen LogP contribution in [-0.2, 0) is 16.6 Å². The van der Waals surface area contributed by atoms with E-state index in [1.165, 1.54) is 18.4 Å². The number of hydrogen-bond acceptors (Lipinski definition) is 4. The van der Waals surface area contributed by atoms with Crippen molar-refractivity contribution in [3.05, 3.63) is 65.5 Å². The summed E-state index contributed by atoms with van der Waals surface area (Å²) >= 11 is 0. The van der Waals surface area contributed by atoms with E-state index in [0.717, 1.165) is 42.9 Å². The second kappa shape index (κ2) is 8.05. The Morgan fingerprint density at radius 3 is 2.38 bits per heavy atom. The van der Waals surface area contributed by atoms with Crippen LogP contribution in [-0.4, -0.2) is 56.7 Å². The monoisotopic (exact) mass is 418 g/mol. The quantitative estimate of drug-likeness (QED) is 0.749. The number of rotatable bonds is 5. The van der Waals surface area contributed by atoms with Crippen LogP contribution in [0, 0.1) is 11.7 Å². The van der Waals surface area contributed by atoms with Crippen LogP contribution in [0.25, 0.3) is 0 Å². The molecule has 0 radical (unpaired) electrons. The summed E-state index contributed by atoms with van der Waals surface area (Å²) in [6.45, 7) is 2.92. The van der Waals surface area contributed by atoms with E-state index in [2.05, 4.69) is 4.90 Å². The third kappa shape index (κ3) is 4.32. The first-order valence-electron chi connectivity index (χ1n) is 9.92. The van der Waals surface area contributed by atoms with Crippen LogP contribution in [0.1, 0.15) is 23.5 Å². The predicted octanol–water partition coefficient (Wildman–Crippen LogP) is 3.08. The van der Waals surface area contributed by atoms with Gasteiger partial charge in [0.1, 0.15) is 11.6 Å². The van der Waals surface area contributed by atoms with E-state index in [0.29, 0.717) is 6.54 Å². The van der Waals surface area contributed by atoms with Crippen LogP contribution in [0.3, 0.4) is 0 Å². The van der Waals surface area contributed by atoms with Crippen LogP contribution in [0.2, 0.25) is 0 Å². The molecule has 29 heavy (non-hydrogen) atoms. The molecule has 2 aliphatic heterocycles. The molecule has 7 heteroatoms. The second-order valence-corrected chi connectivity index (χ2v) is 10.0. The largest absolute Gasteiger partial charge is 0.497 e. The Hall–Kier alpha value is -1.96. The van der Waals surface area contributed by atoms with Crippen LogP contribution in [0.4, 0.5) is 4.39 Å². The molecule has 0 spiro atoms. The van der Waals surface area contributed by atoms with Crippen molar-refractivity contribution in [3.8, 4) is 5.75 Å². The van der Waals surface area contributed by atoms with Gasteiger partial charge in [0.2, 0.25) is 10.0 Å². The van der Waals surface area contributed by atoms with Crippen molar-refractivity contribution >= 4 is 10.0 Å². The average Bonchev–Trinajstić information content (AvgIpc) is 3.09. The standard InChI is InChI=1S/C22H27FN2O3S/c1-28-19-9-5-17(6-10-19)20-15-25(29(2,26)27)22-11-12-24(14-21(20)22)13-16-3-7-18(23)8-4-16/h3-10,20-22H,11-15H2,1-2H3/t20-,21-,22-/m1/s1. The highest BCUT2D eigenvalue weighted by molar-refractivity contribution is 7.88. The first-order chi connectivity index (χ1) is 13.8. The van der Waals surface area contributed by atoms with Crippen molar-refractivity contribution in [1.82, 2.24) is 9.21 Å². The molecule has 2 aliphatic rings. The van der Waals surface area contributed by atoms with Crippen molar-refractivity contribution in [1.29, 1.82) is 0 Å². The van der Waals surface area contributed by atoms with Gasteiger partial charge in [-0.2, -0.15) is 4.31 Å². The minimum atomic E-state index is -3.26. The Labute approximate surface area is 172 Å². The molecule has 0 amide bonds. The molecule has 5 nitrogen and oxygen atoms in total. The molecule has 4 rings (SSSR count). The highest BCUT2D eigenvalue weighted by Crippen LogP contribution is 2.43. The van der Waals surface area contributed by atoms with Crippen molar-refractivity contribution in [3.63, 3.8) is 0 Å². The van der Waals surface area contributed by atoms with Crippen molar-refractivity contribution in [2.24, 2.45) is 5.92 Å². The van der Waals surface area contributed by atoms with E-state index in [1.54, 1.807) is 11.4 Å². The zero-order valence-electron chi connectivity index (χ0n) is 16.8. The van der Waals surface area contributed by atoms with E-state index in [1.807, 2.05) is 36.4 Å². The van der Waals surface area contributed by atoms with Gasteiger partial charge >= 0.3 is 0 Å². The van der Waals surface area contributed by atoms with E-state index >= 15 is 0 Å². The molecule has 0 bridgehead atoms. The Morgan fingerprint density at radius 1 is 1.07 bits per heavy atom. The number of halogens is 1. The highest BCUT2D eigenvalue weighted by Gasteiger charge is 2.48. The van der Waals surface area contributed by atoms with Gasteiger partial charge in [-0.25, -0.2) is 12.8 Å². The number of nitrogens with zero attached hydrogens (tertiary/aromatic N) is 2. The lowest BCUT2D eigenvalue weighted by atomic mass is 9.82. The van der Waals surface area contributed by atoms with Crippen molar-refractivity contribution < 1.29 is 17.5 Å². The van der Waals surface area contributed by atoms with Gasteiger partial charge < -0.3 is 4.74 Å². The van der Waals surface area contributed by atoms with Crippen LogP contribution in [0.15, 0.2) is 48.5 Å². The lowest BCUT2D eigenvalue weighted by molar-refractivity contribution is 0.130. The number of ether oxygens (including phenoxy) is 1. The molecular weight excluding hydrogens is 391 g/mol. The molecule has 2 fully saturated rings. The Morgan fingerprint density at radius 2 is 1.76 bits per heavy atom. The number of benzene rings is 2. The molecule has 0 N–H and O–H groups in total. The summed E-state index contributed by atoms with van der Waals surface area (Å²) in [5, 5.41) is 0. The summed E-state index contributed by atoms with van der Waals surface area (Å²) in [5.74, 6) is 0.945. The van der Waals surface area contributed by atoms with Gasteiger partial charge in [0, 0.05) is 38.1 Å². The average molecular weight is 419 g/mol. The van der Waals surface area contributed by atoms with E-state index in [9.17, 15) is 12.8 Å². The normalized spacial score (nSPS) is 25.7. The van der Waals surface area contributed by atoms with Crippen LogP contribution in [0.5, 0.6) is 5.75 Å². The lowest BCUT2D eigenvalue weighted by Gasteiger charge is -2.38. The third-order valence-corrected chi connectivity index (χ3v) is 7.53. The van der Waals surface area contributed by atoms with Gasteiger partial charge in [0.25, 0.3) is 0 Å². The smallest absolute Gasteiger partial charge is 0.211 e. The SMILES string of the molecule is COc1ccc([C@H]2CN(S(C)(=O)=O)[C@@H]3CCN(Cc4ccc(F)cc4)C[C@H]23)cc1.